The second kappa shape index (κ2) is 10.4. The molecular formula is C25H34N6O3S. The zero-order valence-electron chi connectivity index (χ0n) is 21.3. The van der Waals surface area contributed by atoms with E-state index in [9.17, 15) is 4.79 Å². The van der Waals surface area contributed by atoms with E-state index in [0.29, 0.717) is 35.6 Å². The van der Waals surface area contributed by atoms with Crippen molar-refractivity contribution in [2.75, 3.05) is 43.6 Å². The molecule has 2 aromatic heterocycles. The van der Waals surface area contributed by atoms with Gasteiger partial charge in [0.15, 0.2) is 22.1 Å². The first kappa shape index (κ1) is 25.2. The quantitative estimate of drug-likeness (QED) is 0.385. The molecule has 1 aliphatic rings. The summed E-state index contributed by atoms with van der Waals surface area (Å²) in [5, 5.41) is 3.69. The van der Waals surface area contributed by atoms with E-state index in [1.165, 1.54) is 0 Å². The third-order valence-corrected chi connectivity index (χ3v) is 6.88. The number of methoxy groups -OCH3 is 1. The van der Waals surface area contributed by atoms with Gasteiger partial charge >= 0.3 is 0 Å². The number of nitrogens with one attached hydrogen (secondary N) is 1. The molecule has 4 rings (SSSR count). The van der Waals surface area contributed by atoms with Crippen molar-refractivity contribution >= 4 is 40.3 Å². The van der Waals surface area contributed by atoms with Gasteiger partial charge in [0.1, 0.15) is 11.6 Å². The maximum absolute atomic E-state index is 12.6. The number of rotatable bonds is 7. The lowest BCUT2D eigenvalue weighted by molar-refractivity contribution is -0.123. The van der Waals surface area contributed by atoms with Gasteiger partial charge in [0, 0.05) is 37.7 Å². The van der Waals surface area contributed by atoms with E-state index in [1.807, 2.05) is 46.0 Å². The Kier molecular flexibility index (Phi) is 7.51. The molecule has 9 nitrogen and oxygen atoms in total. The summed E-state index contributed by atoms with van der Waals surface area (Å²) in [5.74, 6) is 3.07. The van der Waals surface area contributed by atoms with Gasteiger partial charge in [-0.3, -0.25) is 4.79 Å². The number of hydrogen-bond acceptors (Lipinski definition) is 8. The van der Waals surface area contributed by atoms with Crippen molar-refractivity contribution in [1.29, 1.82) is 0 Å². The normalized spacial score (nSPS) is 14.4. The molecule has 188 valence electrons. The molecule has 0 spiro atoms. The maximum Gasteiger partial charge on any atom is 0.229 e. The molecule has 1 amide bonds. The lowest BCUT2D eigenvalue weighted by atomic mass is 9.95. The summed E-state index contributed by atoms with van der Waals surface area (Å²) in [7, 11) is 3.61. The number of aromatic nitrogens is 4. The van der Waals surface area contributed by atoms with Gasteiger partial charge in [-0.2, -0.15) is 0 Å². The monoisotopic (exact) mass is 498 g/mol. The largest absolute Gasteiger partial charge is 0.495 e. The van der Waals surface area contributed by atoms with Gasteiger partial charge in [0.2, 0.25) is 5.91 Å². The van der Waals surface area contributed by atoms with Crippen LogP contribution in [0.4, 0.5) is 11.5 Å². The van der Waals surface area contributed by atoms with E-state index >= 15 is 0 Å². The van der Waals surface area contributed by atoms with Crippen molar-refractivity contribution < 1.29 is 14.3 Å². The van der Waals surface area contributed by atoms with E-state index in [4.69, 9.17) is 24.4 Å². The van der Waals surface area contributed by atoms with Gasteiger partial charge in [-0.1, -0.05) is 45.5 Å². The van der Waals surface area contributed by atoms with Crippen molar-refractivity contribution in [3.05, 3.63) is 29.6 Å². The van der Waals surface area contributed by atoms with E-state index in [1.54, 1.807) is 18.9 Å². The first-order valence-corrected chi connectivity index (χ1v) is 12.9. The number of thioether (sulfide) groups is 1. The molecular weight excluding hydrogens is 464 g/mol. The number of fused-ring (bicyclic) bond motifs is 1. The highest BCUT2D eigenvalue weighted by Crippen LogP contribution is 2.32. The summed E-state index contributed by atoms with van der Waals surface area (Å²) in [6.07, 6.45) is 0.826. The van der Waals surface area contributed by atoms with Crippen molar-refractivity contribution in [3.63, 3.8) is 0 Å². The van der Waals surface area contributed by atoms with Gasteiger partial charge in [-0.25, -0.2) is 15.0 Å². The van der Waals surface area contributed by atoms with Gasteiger partial charge in [-0.15, -0.1) is 0 Å². The number of anilines is 2. The van der Waals surface area contributed by atoms with Crippen molar-refractivity contribution in [2.45, 2.75) is 45.0 Å². The molecule has 1 saturated heterocycles. The Hall–Kier alpha value is -2.85. The van der Waals surface area contributed by atoms with Crippen LogP contribution in [0.5, 0.6) is 5.75 Å². The minimum absolute atomic E-state index is 0.0625. The summed E-state index contributed by atoms with van der Waals surface area (Å²) < 4.78 is 13.1. The minimum Gasteiger partial charge on any atom is -0.495 e. The van der Waals surface area contributed by atoms with Gasteiger partial charge < -0.3 is 24.3 Å². The Balaban J connectivity index is 1.62. The molecule has 1 aromatic carbocycles. The molecule has 10 heteroatoms. The van der Waals surface area contributed by atoms with Crippen LogP contribution in [0, 0.1) is 5.41 Å². The summed E-state index contributed by atoms with van der Waals surface area (Å²) in [6, 6.07) is 5.83. The fraction of sp³-hybridized carbons (Fsp3) is 0.520. The van der Waals surface area contributed by atoms with Crippen LogP contribution in [0.25, 0.3) is 11.2 Å². The molecule has 0 saturated carbocycles. The number of aryl methyl sites for hydroxylation is 2. The average molecular weight is 499 g/mol. The first-order chi connectivity index (χ1) is 16.7. The standard InChI is InChI=1S/C25H34N6O3S/c1-7-19-27-20-21(30(19)5)28-24(29-22(20)31-10-12-34-13-11-31)35-15-16-8-9-18(33-6)17(14-16)26-23(32)25(2,3)4/h8-9,14H,7,10-13,15H2,1-6H3,(H,26,32). The Morgan fingerprint density at radius 2 is 1.94 bits per heavy atom. The molecule has 0 atom stereocenters. The zero-order valence-corrected chi connectivity index (χ0v) is 22.2. The van der Waals surface area contributed by atoms with Gasteiger partial charge in [-0.05, 0) is 17.7 Å². The molecule has 0 radical (unpaired) electrons. The van der Waals surface area contributed by atoms with Crippen LogP contribution < -0.4 is 15.0 Å². The number of benzene rings is 1. The summed E-state index contributed by atoms with van der Waals surface area (Å²) in [5.41, 5.74) is 2.88. The molecule has 0 unspecified atom stereocenters. The minimum atomic E-state index is -0.505. The number of nitrogens with zero attached hydrogens (tertiary/aromatic N) is 5. The lowest BCUT2D eigenvalue weighted by Gasteiger charge is -2.28. The number of carbonyl (C=O) groups is 1. The highest BCUT2D eigenvalue weighted by atomic mass is 32.2. The topological polar surface area (TPSA) is 94.4 Å². The van der Waals surface area contributed by atoms with Gasteiger partial charge in [0.25, 0.3) is 0 Å². The molecule has 35 heavy (non-hydrogen) atoms. The van der Waals surface area contributed by atoms with E-state index in [2.05, 4.69) is 21.7 Å². The van der Waals surface area contributed by atoms with Crippen LogP contribution in [0.15, 0.2) is 23.4 Å². The zero-order chi connectivity index (χ0) is 25.2. The first-order valence-electron chi connectivity index (χ1n) is 11.9. The van der Waals surface area contributed by atoms with Crippen LogP contribution in [0.2, 0.25) is 0 Å². The Bertz CT molecular complexity index is 1210. The van der Waals surface area contributed by atoms with Crippen LogP contribution in [0.3, 0.4) is 0 Å². The highest BCUT2D eigenvalue weighted by molar-refractivity contribution is 7.98. The third-order valence-electron chi connectivity index (χ3n) is 5.96. The molecule has 3 heterocycles. The van der Waals surface area contributed by atoms with Crippen LogP contribution in [-0.4, -0.2) is 58.8 Å². The fourth-order valence-electron chi connectivity index (χ4n) is 3.85. The molecule has 1 aliphatic heterocycles. The predicted molar refractivity (Wildman–Crippen MR) is 139 cm³/mol. The predicted octanol–water partition coefficient (Wildman–Crippen LogP) is 4.05. The summed E-state index contributed by atoms with van der Waals surface area (Å²) in [4.78, 5) is 29.4. The summed E-state index contributed by atoms with van der Waals surface area (Å²) >= 11 is 1.56. The Morgan fingerprint density at radius 3 is 2.60 bits per heavy atom. The van der Waals surface area contributed by atoms with E-state index in [-0.39, 0.29) is 5.91 Å². The average Bonchev–Trinajstić information content (AvgIpc) is 3.17. The second-order valence-corrected chi connectivity index (χ2v) is 10.5. The fourth-order valence-corrected chi connectivity index (χ4v) is 4.63. The van der Waals surface area contributed by atoms with Crippen molar-refractivity contribution in [2.24, 2.45) is 12.5 Å². The van der Waals surface area contributed by atoms with Crippen LogP contribution in [0.1, 0.15) is 39.1 Å². The highest BCUT2D eigenvalue weighted by Gasteiger charge is 2.23. The SMILES string of the molecule is CCc1nc2c(N3CCOCC3)nc(SCc3ccc(OC)c(NC(=O)C(C)(C)C)c3)nc2n1C. The third kappa shape index (κ3) is 5.54. The Morgan fingerprint density at radius 1 is 1.20 bits per heavy atom. The van der Waals surface area contributed by atoms with Crippen molar-refractivity contribution in [3.8, 4) is 5.75 Å². The maximum atomic E-state index is 12.6. The molecule has 0 bridgehead atoms. The molecule has 1 N–H and O–H groups in total. The number of morpholine rings is 1. The second-order valence-electron chi connectivity index (χ2n) is 9.57. The summed E-state index contributed by atoms with van der Waals surface area (Å²) in [6.45, 7) is 10.7. The van der Waals surface area contributed by atoms with Gasteiger partial charge in [0.05, 0.1) is 26.0 Å². The number of carbonyl (C=O) groups excluding carboxylic acids is 1. The van der Waals surface area contributed by atoms with Crippen molar-refractivity contribution in [1.82, 2.24) is 19.5 Å². The van der Waals surface area contributed by atoms with E-state index < -0.39 is 5.41 Å². The van der Waals surface area contributed by atoms with Crippen LogP contribution in [-0.2, 0) is 28.8 Å². The lowest BCUT2D eigenvalue weighted by Crippen LogP contribution is -2.37. The molecule has 3 aromatic rings. The number of ether oxygens (including phenoxy) is 2. The van der Waals surface area contributed by atoms with Crippen LogP contribution >= 0.6 is 11.8 Å². The number of hydrogen-bond donors (Lipinski definition) is 1. The number of imidazole rings is 1. The van der Waals surface area contributed by atoms with E-state index in [0.717, 1.165) is 47.9 Å². The Labute approximate surface area is 210 Å². The smallest absolute Gasteiger partial charge is 0.229 e. The molecule has 1 fully saturated rings. The number of amides is 1. The molecule has 0 aliphatic carbocycles.